The predicted molar refractivity (Wildman–Crippen MR) is 128 cm³/mol. The van der Waals surface area contributed by atoms with Crippen LogP contribution in [0.2, 0.25) is 10.0 Å². The molecule has 1 unspecified atom stereocenters. The fraction of sp³-hybridized carbons (Fsp3) is 0.320. The molecule has 32 heavy (non-hydrogen) atoms. The molecule has 7 heteroatoms. The standard InChI is InChI=1S/C25H25Cl2N3O2/c1-13-8-9-28-19(10-13)30-24(32)20-14(2)29-17-11-25(3,4)12-18(31)22(17)21(20)15-6-5-7-16(26)23(15)27/h5-10,21,29H,11-12H2,1-4H3,(H,28,30,32). The van der Waals surface area contributed by atoms with Crippen molar-refractivity contribution in [2.75, 3.05) is 5.32 Å². The number of benzene rings is 1. The lowest BCUT2D eigenvalue weighted by molar-refractivity contribution is -0.118. The van der Waals surface area contributed by atoms with Crippen molar-refractivity contribution < 1.29 is 9.59 Å². The molecule has 2 heterocycles. The van der Waals surface area contributed by atoms with Gasteiger partial charge in [-0.3, -0.25) is 9.59 Å². The van der Waals surface area contributed by atoms with Crippen molar-refractivity contribution in [1.82, 2.24) is 10.3 Å². The molecule has 0 radical (unpaired) electrons. The number of ketones is 1. The van der Waals surface area contributed by atoms with Crippen LogP contribution in [0, 0.1) is 12.3 Å². The number of nitrogens with one attached hydrogen (secondary N) is 2. The summed E-state index contributed by atoms with van der Waals surface area (Å²) >= 11 is 12.9. The lowest BCUT2D eigenvalue weighted by Gasteiger charge is -2.39. The van der Waals surface area contributed by atoms with Gasteiger partial charge in [0.2, 0.25) is 0 Å². The summed E-state index contributed by atoms with van der Waals surface area (Å²) in [7, 11) is 0. The first-order valence-corrected chi connectivity index (χ1v) is 11.2. The molecule has 0 spiro atoms. The van der Waals surface area contributed by atoms with Crippen molar-refractivity contribution in [1.29, 1.82) is 0 Å². The maximum Gasteiger partial charge on any atom is 0.255 e. The average Bonchev–Trinajstić information content (AvgIpc) is 2.68. The van der Waals surface area contributed by atoms with Crippen LogP contribution in [0.25, 0.3) is 0 Å². The maximum absolute atomic E-state index is 13.5. The molecule has 1 aromatic heterocycles. The number of hydrogen-bond donors (Lipinski definition) is 2. The van der Waals surface area contributed by atoms with E-state index in [0.29, 0.717) is 51.1 Å². The number of rotatable bonds is 3. The molecule has 0 saturated heterocycles. The molecule has 0 saturated carbocycles. The number of dihydropyridines is 1. The maximum atomic E-state index is 13.5. The minimum absolute atomic E-state index is 0.0104. The minimum Gasteiger partial charge on any atom is -0.362 e. The second-order valence-corrected chi connectivity index (χ2v) is 10.0. The Morgan fingerprint density at radius 3 is 2.66 bits per heavy atom. The fourth-order valence-corrected chi connectivity index (χ4v) is 5.00. The van der Waals surface area contributed by atoms with Crippen LogP contribution in [0.4, 0.5) is 5.82 Å². The van der Waals surface area contributed by atoms with Crippen LogP contribution in [-0.4, -0.2) is 16.7 Å². The van der Waals surface area contributed by atoms with E-state index in [1.807, 2.05) is 26.0 Å². The number of anilines is 1. The minimum atomic E-state index is -0.620. The summed E-state index contributed by atoms with van der Waals surface area (Å²) in [6, 6.07) is 8.96. The van der Waals surface area contributed by atoms with Gasteiger partial charge in [0.15, 0.2) is 5.78 Å². The third-order valence-corrected chi connectivity index (χ3v) is 6.77. The molecule has 1 aliphatic heterocycles. The molecule has 2 N–H and O–H groups in total. The zero-order valence-electron chi connectivity index (χ0n) is 18.5. The molecular weight excluding hydrogens is 445 g/mol. The number of carbonyl (C=O) groups is 2. The zero-order chi connectivity index (χ0) is 23.2. The fourth-order valence-electron chi connectivity index (χ4n) is 4.58. The van der Waals surface area contributed by atoms with Gasteiger partial charge in [0.05, 0.1) is 10.0 Å². The number of halogens is 2. The van der Waals surface area contributed by atoms with E-state index < -0.39 is 5.92 Å². The molecule has 0 bridgehead atoms. The van der Waals surface area contributed by atoms with Gasteiger partial charge >= 0.3 is 0 Å². The highest BCUT2D eigenvalue weighted by molar-refractivity contribution is 6.42. The van der Waals surface area contributed by atoms with Crippen molar-refractivity contribution in [2.24, 2.45) is 5.41 Å². The third-order valence-electron chi connectivity index (χ3n) is 5.93. The van der Waals surface area contributed by atoms with E-state index >= 15 is 0 Å². The van der Waals surface area contributed by atoms with Crippen LogP contribution in [0.5, 0.6) is 0 Å². The summed E-state index contributed by atoms with van der Waals surface area (Å²) in [5.41, 5.74) is 3.99. The van der Waals surface area contributed by atoms with Gasteiger partial charge < -0.3 is 10.6 Å². The van der Waals surface area contributed by atoms with E-state index in [2.05, 4.69) is 29.5 Å². The van der Waals surface area contributed by atoms with Gasteiger partial charge in [0, 0.05) is 41.1 Å². The van der Waals surface area contributed by atoms with Crippen LogP contribution in [0.15, 0.2) is 59.1 Å². The molecular formula is C25H25Cl2N3O2. The first kappa shape index (κ1) is 22.6. The number of aryl methyl sites for hydroxylation is 1. The van der Waals surface area contributed by atoms with Crippen LogP contribution < -0.4 is 10.6 Å². The van der Waals surface area contributed by atoms with Crippen LogP contribution >= 0.6 is 23.2 Å². The molecule has 166 valence electrons. The largest absolute Gasteiger partial charge is 0.362 e. The van der Waals surface area contributed by atoms with Gasteiger partial charge in [-0.1, -0.05) is 49.2 Å². The van der Waals surface area contributed by atoms with E-state index in [9.17, 15) is 9.59 Å². The summed E-state index contributed by atoms with van der Waals surface area (Å²) in [6.07, 6.45) is 2.74. The monoisotopic (exact) mass is 469 g/mol. The molecule has 2 aliphatic rings. The highest BCUT2D eigenvalue weighted by atomic mass is 35.5. The Kier molecular flexibility index (Phi) is 5.91. The highest BCUT2D eigenvalue weighted by Crippen LogP contribution is 2.48. The third kappa shape index (κ3) is 4.19. The van der Waals surface area contributed by atoms with Gasteiger partial charge in [-0.25, -0.2) is 4.98 Å². The molecule has 0 fully saturated rings. The van der Waals surface area contributed by atoms with Crippen molar-refractivity contribution >= 4 is 40.7 Å². The number of aromatic nitrogens is 1. The number of pyridine rings is 1. The van der Waals surface area contributed by atoms with Gasteiger partial charge in [-0.15, -0.1) is 0 Å². The van der Waals surface area contributed by atoms with Gasteiger partial charge in [-0.05, 0) is 55.0 Å². The van der Waals surface area contributed by atoms with Crippen molar-refractivity contribution in [3.8, 4) is 0 Å². The van der Waals surface area contributed by atoms with E-state index in [4.69, 9.17) is 23.2 Å². The molecule has 5 nitrogen and oxygen atoms in total. The first-order chi connectivity index (χ1) is 15.1. The number of Topliss-reactive ketones (excluding diaryl/α,β-unsaturated/α-hetero) is 1. The van der Waals surface area contributed by atoms with E-state index in [1.165, 1.54) is 0 Å². The Hall–Kier alpha value is -2.63. The normalized spacial score (nSPS) is 20.1. The number of nitrogens with zero attached hydrogens (tertiary/aromatic N) is 1. The molecule has 1 atom stereocenters. The predicted octanol–water partition coefficient (Wildman–Crippen LogP) is 5.94. The Morgan fingerprint density at radius 1 is 1.19 bits per heavy atom. The second kappa shape index (κ2) is 8.38. The van der Waals surface area contributed by atoms with Gasteiger partial charge in [0.1, 0.15) is 5.82 Å². The summed E-state index contributed by atoms with van der Waals surface area (Å²) in [5.74, 6) is -0.498. The van der Waals surface area contributed by atoms with Crippen molar-refractivity contribution in [3.05, 3.63) is 80.2 Å². The van der Waals surface area contributed by atoms with Crippen LogP contribution in [-0.2, 0) is 9.59 Å². The van der Waals surface area contributed by atoms with E-state index in [0.717, 1.165) is 11.3 Å². The zero-order valence-corrected chi connectivity index (χ0v) is 20.0. The summed E-state index contributed by atoms with van der Waals surface area (Å²) in [5, 5.41) is 6.96. The Bertz CT molecular complexity index is 1200. The van der Waals surface area contributed by atoms with Crippen molar-refractivity contribution in [3.63, 3.8) is 0 Å². The second-order valence-electron chi connectivity index (χ2n) is 9.25. The summed E-state index contributed by atoms with van der Waals surface area (Å²) in [4.78, 5) is 31.1. The quantitative estimate of drug-likeness (QED) is 0.583. The lowest BCUT2D eigenvalue weighted by Crippen LogP contribution is -2.39. The Labute approximate surface area is 197 Å². The number of amides is 1. The van der Waals surface area contributed by atoms with Crippen molar-refractivity contribution in [2.45, 2.75) is 46.5 Å². The number of allylic oxidation sites excluding steroid dienone is 3. The lowest BCUT2D eigenvalue weighted by atomic mass is 9.68. The molecule has 4 rings (SSSR count). The first-order valence-electron chi connectivity index (χ1n) is 10.5. The number of hydrogen-bond acceptors (Lipinski definition) is 4. The topological polar surface area (TPSA) is 71.1 Å². The molecule has 1 aliphatic carbocycles. The van der Waals surface area contributed by atoms with Crippen LogP contribution in [0.3, 0.4) is 0 Å². The molecule has 1 aromatic carbocycles. The Balaban J connectivity index is 1.85. The smallest absolute Gasteiger partial charge is 0.255 e. The summed E-state index contributed by atoms with van der Waals surface area (Å²) < 4.78 is 0. The number of carbonyl (C=O) groups excluding carboxylic acids is 2. The molecule has 2 aromatic rings. The molecule has 1 amide bonds. The SMILES string of the molecule is CC1=C(C(=O)Nc2cc(C)ccn2)C(c2cccc(Cl)c2Cl)C2=C(CC(C)(C)CC2=O)N1. The van der Waals surface area contributed by atoms with E-state index in [-0.39, 0.29) is 17.1 Å². The Morgan fingerprint density at radius 2 is 1.94 bits per heavy atom. The summed E-state index contributed by atoms with van der Waals surface area (Å²) in [6.45, 7) is 7.92. The van der Waals surface area contributed by atoms with Crippen LogP contribution in [0.1, 0.15) is 50.7 Å². The highest BCUT2D eigenvalue weighted by Gasteiger charge is 2.43. The van der Waals surface area contributed by atoms with Gasteiger partial charge in [-0.2, -0.15) is 0 Å². The van der Waals surface area contributed by atoms with Gasteiger partial charge in [0.25, 0.3) is 5.91 Å². The van der Waals surface area contributed by atoms with E-state index in [1.54, 1.807) is 24.4 Å². The average molecular weight is 470 g/mol.